The van der Waals surface area contributed by atoms with Crippen LogP contribution in [0.15, 0.2) is 17.5 Å². The first kappa shape index (κ1) is 13.0. The molecule has 2 rings (SSSR count). The summed E-state index contributed by atoms with van der Waals surface area (Å²) in [6.45, 7) is 3.75. The maximum absolute atomic E-state index is 12.1. The number of nitrogens with zero attached hydrogens (tertiary/aromatic N) is 2. The van der Waals surface area contributed by atoms with Gasteiger partial charge in [0.2, 0.25) is 5.91 Å². The van der Waals surface area contributed by atoms with E-state index in [0.29, 0.717) is 13.0 Å². The quantitative estimate of drug-likeness (QED) is 0.857. The number of amides is 2. The second-order valence-corrected chi connectivity index (χ2v) is 5.28. The number of hydrogen-bond donors (Lipinski definition) is 1. The summed E-state index contributed by atoms with van der Waals surface area (Å²) in [4.78, 5) is 27.6. The number of nitrogens with two attached hydrogens (primary N) is 1. The van der Waals surface area contributed by atoms with Crippen LogP contribution < -0.4 is 5.73 Å². The van der Waals surface area contributed by atoms with Crippen LogP contribution in [0.4, 0.5) is 0 Å². The van der Waals surface area contributed by atoms with Crippen LogP contribution >= 0.6 is 11.3 Å². The largest absolute Gasteiger partial charge is 0.370 e. The third-order valence-electron chi connectivity index (χ3n) is 3.07. The zero-order valence-corrected chi connectivity index (χ0v) is 11.0. The average molecular weight is 267 g/mol. The Balaban J connectivity index is 1.80. The van der Waals surface area contributed by atoms with Gasteiger partial charge in [-0.1, -0.05) is 6.07 Å². The molecule has 0 aliphatic carbocycles. The Hall–Kier alpha value is -1.40. The van der Waals surface area contributed by atoms with Crippen molar-refractivity contribution < 1.29 is 9.59 Å². The molecule has 1 aliphatic rings. The van der Waals surface area contributed by atoms with Crippen LogP contribution in [0, 0.1) is 0 Å². The van der Waals surface area contributed by atoms with Gasteiger partial charge in [0.15, 0.2) is 0 Å². The molecule has 1 aliphatic heterocycles. The zero-order chi connectivity index (χ0) is 13.0. The van der Waals surface area contributed by atoms with Gasteiger partial charge in [-0.15, -0.1) is 11.3 Å². The van der Waals surface area contributed by atoms with Gasteiger partial charge in [0.25, 0.3) is 5.91 Å². The fourth-order valence-electron chi connectivity index (χ4n) is 2.00. The van der Waals surface area contributed by atoms with Crippen molar-refractivity contribution in [3.8, 4) is 0 Å². The van der Waals surface area contributed by atoms with Gasteiger partial charge in [-0.05, 0) is 11.4 Å². The van der Waals surface area contributed by atoms with Crippen molar-refractivity contribution in [3.05, 3.63) is 22.4 Å². The molecule has 0 bridgehead atoms. The van der Waals surface area contributed by atoms with Gasteiger partial charge >= 0.3 is 0 Å². The summed E-state index contributed by atoms with van der Waals surface area (Å²) in [6.07, 6.45) is 0.388. The molecule has 2 N–H and O–H groups in total. The Morgan fingerprint density at radius 2 is 2.00 bits per heavy atom. The van der Waals surface area contributed by atoms with E-state index in [0.717, 1.165) is 31.1 Å². The van der Waals surface area contributed by atoms with E-state index in [-0.39, 0.29) is 11.8 Å². The average Bonchev–Trinajstić information content (AvgIpc) is 2.90. The van der Waals surface area contributed by atoms with Gasteiger partial charge in [0.05, 0.1) is 4.88 Å². The number of carbonyl (C=O) groups excluding carboxylic acids is 2. The molecule has 1 fully saturated rings. The summed E-state index contributed by atoms with van der Waals surface area (Å²) in [5.74, 6) is -0.161. The van der Waals surface area contributed by atoms with Crippen LogP contribution in [-0.4, -0.2) is 54.3 Å². The van der Waals surface area contributed by atoms with Crippen molar-refractivity contribution in [2.24, 2.45) is 5.73 Å². The Labute approximate surface area is 110 Å². The van der Waals surface area contributed by atoms with Crippen LogP contribution in [0.2, 0.25) is 0 Å². The second kappa shape index (κ2) is 5.97. The first-order chi connectivity index (χ1) is 8.66. The van der Waals surface area contributed by atoms with Crippen LogP contribution in [0.3, 0.4) is 0 Å². The molecule has 2 amide bonds. The van der Waals surface area contributed by atoms with Gasteiger partial charge in [-0.2, -0.15) is 0 Å². The number of piperazine rings is 1. The van der Waals surface area contributed by atoms with Crippen molar-refractivity contribution in [2.75, 3.05) is 32.7 Å². The normalized spacial score (nSPS) is 16.8. The third kappa shape index (κ3) is 3.30. The lowest BCUT2D eigenvalue weighted by molar-refractivity contribution is -0.118. The molecule has 6 heteroatoms. The van der Waals surface area contributed by atoms with E-state index in [2.05, 4.69) is 4.90 Å². The molecule has 1 saturated heterocycles. The number of rotatable bonds is 4. The maximum atomic E-state index is 12.1. The third-order valence-corrected chi connectivity index (χ3v) is 3.92. The Kier molecular flexibility index (Phi) is 4.33. The molecular formula is C12H17N3O2S. The van der Waals surface area contributed by atoms with Crippen molar-refractivity contribution >= 4 is 23.2 Å². The van der Waals surface area contributed by atoms with Gasteiger partial charge in [0.1, 0.15) is 0 Å². The van der Waals surface area contributed by atoms with Gasteiger partial charge in [-0.25, -0.2) is 0 Å². The lowest BCUT2D eigenvalue weighted by atomic mass is 10.2. The van der Waals surface area contributed by atoms with E-state index in [4.69, 9.17) is 5.73 Å². The molecule has 0 unspecified atom stereocenters. The van der Waals surface area contributed by atoms with E-state index in [1.807, 2.05) is 22.4 Å². The molecule has 1 aromatic heterocycles. The number of carbonyl (C=O) groups is 2. The minimum atomic E-state index is -0.271. The second-order valence-electron chi connectivity index (χ2n) is 4.33. The van der Waals surface area contributed by atoms with E-state index in [1.165, 1.54) is 11.3 Å². The van der Waals surface area contributed by atoms with Crippen molar-refractivity contribution in [1.82, 2.24) is 9.80 Å². The summed E-state index contributed by atoms with van der Waals surface area (Å²) in [7, 11) is 0. The fourth-order valence-corrected chi connectivity index (χ4v) is 2.69. The van der Waals surface area contributed by atoms with E-state index < -0.39 is 0 Å². The number of hydrogen-bond acceptors (Lipinski definition) is 4. The van der Waals surface area contributed by atoms with Crippen LogP contribution in [-0.2, 0) is 4.79 Å². The van der Waals surface area contributed by atoms with E-state index >= 15 is 0 Å². The first-order valence-corrected chi connectivity index (χ1v) is 6.88. The standard InChI is InChI=1S/C12H17N3O2S/c13-11(16)3-4-14-5-7-15(8-6-14)12(17)10-2-1-9-18-10/h1-2,9H,3-8H2,(H2,13,16). The highest BCUT2D eigenvalue weighted by atomic mass is 32.1. The molecule has 98 valence electrons. The van der Waals surface area contributed by atoms with Gasteiger partial charge in [-0.3, -0.25) is 14.5 Å². The summed E-state index contributed by atoms with van der Waals surface area (Å²) >= 11 is 1.47. The predicted octanol–water partition coefficient (Wildman–Crippen LogP) is 0.381. The fraction of sp³-hybridized carbons (Fsp3) is 0.500. The minimum Gasteiger partial charge on any atom is -0.370 e. The highest BCUT2D eigenvalue weighted by Crippen LogP contribution is 2.13. The number of primary amides is 1. The molecule has 5 nitrogen and oxygen atoms in total. The van der Waals surface area contributed by atoms with Gasteiger partial charge in [0, 0.05) is 39.1 Å². The smallest absolute Gasteiger partial charge is 0.264 e. The summed E-state index contributed by atoms with van der Waals surface area (Å²) in [5, 5.41) is 1.91. The molecular weight excluding hydrogens is 250 g/mol. The van der Waals surface area contributed by atoms with Crippen LogP contribution in [0.1, 0.15) is 16.1 Å². The van der Waals surface area contributed by atoms with E-state index in [9.17, 15) is 9.59 Å². The summed E-state index contributed by atoms with van der Waals surface area (Å²) in [6, 6.07) is 3.74. The predicted molar refractivity (Wildman–Crippen MR) is 70.5 cm³/mol. The Morgan fingerprint density at radius 3 is 2.56 bits per heavy atom. The minimum absolute atomic E-state index is 0.111. The molecule has 0 atom stereocenters. The Bertz CT molecular complexity index is 411. The monoisotopic (exact) mass is 267 g/mol. The highest BCUT2D eigenvalue weighted by molar-refractivity contribution is 7.12. The molecule has 2 heterocycles. The maximum Gasteiger partial charge on any atom is 0.264 e. The number of thiophene rings is 1. The van der Waals surface area contributed by atoms with Crippen LogP contribution in [0.25, 0.3) is 0 Å². The molecule has 0 radical (unpaired) electrons. The molecule has 1 aromatic rings. The summed E-state index contributed by atoms with van der Waals surface area (Å²) in [5.41, 5.74) is 5.12. The zero-order valence-electron chi connectivity index (χ0n) is 10.2. The van der Waals surface area contributed by atoms with Crippen molar-refractivity contribution in [1.29, 1.82) is 0 Å². The molecule has 0 aromatic carbocycles. The first-order valence-electron chi connectivity index (χ1n) is 6.00. The van der Waals surface area contributed by atoms with Gasteiger partial charge < -0.3 is 10.6 Å². The molecule has 0 saturated carbocycles. The molecule has 18 heavy (non-hydrogen) atoms. The Morgan fingerprint density at radius 1 is 1.28 bits per heavy atom. The molecule has 0 spiro atoms. The van der Waals surface area contributed by atoms with Crippen molar-refractivity contribution in [3.63, 3.8) is 0 Å². The summed E-state index contributed by atoms with van der Waals surface area (Å²) < 4.78 is 0. The van der Waals surface area contributed by atoms with Crippen molar-refractivity contribution in [2.45, 2.75) is 6.42 Å². The SMILES string of the molecule is NC(=O)CCN1CCN(C(=O)c2cccs2)CC1. The van der Waals surface area contributed by atoms with Crippen LogP contribution in [0.5, 0.6) is 0 Å². The topological polar surface area (TPSA) is 66.6 Å². The highest BCUT2D eigenvalue weighted by Gasteiger charge is 2.22. The lowest BCUT2D eigenvalue weighted by Crippen LogP contribution is -2.49. The van der Waals surface area contributed by atoms with E-state index in [1.54, 1.807) is 0 Å². The lowest BCUT2D eigenvalue weighted by Gasteiger charge is -2.34.